The first-order valence-electron chi connectivity index (χ1n) is 9.60. The first kappa shape index (κ1) is 17.5. The van der Waals surface area contributed by atoms with Crippen molar-refractivity contribution in [2.75, 3.05) is 23.3 Å². The van der Waals surface area contributed by atoms with Crippen molar-refractivity contribution in [2.24, 2.45) is 5.92 Å². The van der Waals surface area contributed by atoms with Crippen LogP contribution in [-0.2, 0) is 11.2 Å². The Bertz CT molecular complexity index is 956. The number of benzene rings is 2. The van der Waals surface area contributed by atoms with Crippen LogP contribution in [0.2, 0.25) is 0 Å². The number of hydrogen-bond acceptors (Lipinski definition) is 4. The lowest BCUT2D eigenvalue weighted by atomic mass is 9.96. The second-order valence-electron chi connectivity index (χ2n) is 7.00. The highest BCUT2D eigenvalue weighted by Gasteiger charge is 2.27. The molecule has 5 heteroatoms. The van der Waals surface area contributed by atoms with E-state index in [0.29, 0.717) is 6.54 Å². The summed E-state index contributed by atoms with van der Waals surface area (Å²) in [6.07, 6.45) is 4.59. The van der Waals surface area contributed by atoms with Gasteiger partial charge in [0.15, 0.2) is 0 Å². The molecule has 1 N–H and O–H groups in total. The molecule has 3 aromatic rings. The predicted octanol–water partition coefficient (Wildman–Crippen LogP) is 4.05. The molecular formula is C22H24N4O. The molecule has 1 aromatic heterocycles. The van der Waals surface area contributed by atoms with Gasteiger partial charge in [-0.1, -0.05) is 37.3 Å². The summed E-state index contributed by atoms with van der Waals surface area (Å²) >= 11 is 0. The summed E-state index contributed by atoms with van der Waals surface area (Å²) in [7, 11) is 0. The molecule has 0 saturated carbocycles. The molecule has 0 aliphatic carbocycles. The number of para-hydroxylation sites is 3. The van der Waals surface area contributed by atoms with Crippen LogP contribution in [0.3, 0.4) is 0 Å². The molecule has 2 aromatic carbocycles. The first-order valence-corrected chi connectivity index (χ1v) is 9.60. The average Bonchev–Trinajstić information content (AvgIpc) is 2.74. The van der Waals surface area contributed by atoms with Gasteiger partial charge >= 0.3 is 0 Å². The van der Waals surface area contributed by atoms with Gasteiger partial charge in [-0.15, -0.1) is 0 Å². The van der Waals surface area contributed by atoms with Crippen molar-refractivity contribution in [1.82, 2.24) is 9.97 Å². The zero-order valence-corrected chi connectivity index (χ0v) is 15.6. The average molecular weight is 360 g/mol. The summed E-state index contributed by atoms with van der Waals surface area (Å²) in [4.78, 5) is 24.3. The Balaban J connectivity index is 1.49. The second-order valence-corrected chi connectivity index (χ2v) is 7.00. The molecule has 2 heterocycles. The molecule has 1 saturated heterocycles. The van der Waals surface area contributed by atoms with Crippen LogP contribution >= 0.6 is 0 Å². The van der Waals surface area contributed by atoms with Crippen LogP contribution in [-0.4, -0.2) is 29.0 Å². The molecular weight excluding hydrogens is 336 g/mol. The summed E-state index contributed by atoms with van der Waals surface area (Å²) in [5.41, 5.74) is 3.87. The van der Waals surface area contributed by atoms with Crippen molar-refractivity contribution >= 4 is 28.4 Å². The van der Waals surface area contributed by atoms with Crippen molar-refractivity contribution in [2.45, 2.75) is 26.2 Å². The van der Waals surface area contributed by atoms with Gasteiger partial charge in [-0.05, 0) is 43.0 Å². The zero-order chi connectivity index (χ0) is 18.6. The smallest absolute Gasteiger partial charge is 0.229 e. The number of carbonyl (C=O) groups is 1. The number of nitrogens with zero attached hydrogens (tertiary/aromatic N) is 3. The summed E-state index contributed by atoms with van der Waals surface area (Å²) in [6, 6.07) is 15.9. The second kappa shape index (κ2) is 7.74. The Morgan fingerprint density at radius 1 is 1.15 bits per heavy atom. The number of aromatic nitrogens is 2. The van der Waals surface area contributed by atoms with Crippen LogP contribution in [0.5, 0.6) is 0 Å². The Labute approximate surface area is 159 Å². The molecule has 1 aliphatic rings. The van der Waals surface area contributed by atoms with Crippen LogP contribution in [0.4, 0.5) is 11.5 Å². The minimum atomic E-state index is -0.0445. The number of anilines is 2. The molecule has 1 aliphatic heterocycles. The van der Waals surface area contributed by atoms with E-state index in [1.54, 1.807) is 0 Å². The van der Waals surface area contributed by atoms with Gasteiger partial charge in [0.2, 0.25) is 5.91 Å². The molecule has 138 valence electrons. The largest absolute Gasteiger partial charge is 0.355 e. The molecule has 5 nitrogen and oxygen atoms in total. The van der Waals surface area contributed by atoms with Gasteiger partial charge in [0, 0.05) is 18.8 Å². The molecule has 1 fully saturated rings. The number of amides is 1. The predicted molar refractivity (Wildman–Crippen MR) is 109 cm³/mol. The third-order valence-electron chi connectivity index (χ3n) is 5.21. The van der Waals surface area contributed by atoms with Gasteiger partial charge in [0.25, 0.3) is 0 Å². The fraction of sp³-hybridized carbons (Fsp3) is 0.318. The van der Waals surface area contributed by atoms with Gasteiger partial charge in [-0.3, -0.25) is 9.78 Å². The minimum absolute atomic E-state index is 0.0445. The summed E-state index contributed by atoms with van der Waals surface area (Å²) < 4.78 is 0. The Morgan fingerprint density at radius 2 is 1.93 bits per heavy atom. The van der Waals surface area contributed by atoms with Crippen molar-refractivity contribution in [3.8, 4) is 0 Å². The van der Waals surface area contributed by atoms with E-state index in [0.717, 1.165) is 48.3 Å². The topological polar surface area (TPSA) is 58.1 Å². The van der Waals surface area contributed by atoms with E-state index in [2.05, 4.69) is 28.2 Å². The van der Waals surface area contributed by atoms with E-state index in [-0.39, 0.29) is 11.8 Å². The number of rotatable bonds is 4. The standard InChI is InChI=1S/C22H24N4O/c1-2-16-8-3-4-10-18(16)25-22(27)17-9-7-13-26(15-17)21-14-23-19-11-5-6-12-20(19)24-21/h3-6,8,10-12,14,17H,2,7,9,13,15H2,1H3,(H,25,27). The Hall–Kier alpha value is -2.95. The minimum Gasteiger partial charge on any atom is -0.355 e. The number of piperidine rings is 1. The lowest BCUT2D eigenvalue weighted by Gasteiger charge is -2.32. The van der Waals surface area contributed by atoms with Gasteiger partial charge in [-0.25, -0.2) is 4.98 Å². The third kappa shape index (κ3) is 3.77. The van der Waals surface area contributed by atoms with E-state index in [1.165, 1.54) is 5.56 Å². The van der Waals surface area contributed by atoms with E-state index < -0.39 is 0 Å². The molecule has 0 radical (unpaired) electrons. The highest BCUT2D eigenvalue weighted by molar-refractivity contribution is 5.93. The molecule has 1 unspecified atom stereocenters. The lowest BCUT2D eigenvalue weighted by molar-refractivity contribution is -0.120. The van der Waals surface area contributed by atoms with Gasteiger partial charge < -0.3 is 10.2 Å². The molecule has 0 bridgehead atoms. The maximum absolute atomic E-state index is 12.9. The van der Waals surface area contributed by atoms with Gasteiger partial charge in [0.05, 0.1) is 23.1 Å². The van der Waals surface area contributed by atoms with Gasteiger partial charge in [0.1, 0.15) is 5.82 Å². The normalized spacial score (nSPS) is 17.1. The highest BCUT2D eigenvalue weighted by atomic mass is 16.1. The van der Waals surface area contributed by atoms with Crippen molar-refractivity contribution in [3.63, 3.8) is 0 Å². The lowest BCUT2D eigenvalue weighted by Crippen LogP contribution is -2.41. The van der Waals surface area contributed by atoms with E-state index in [9.17, 15) is 4.79 Å². The Kier molecular flexibility index (Phi) is 5.01. The fourth-order valence-corrected chi connectivity index (χ4v) is 3.68. The van der Waals surface area contributed by atoms with Crippen molar-refractivity contribution in [3.05, 3.63) is 60.3 Å². The molecule has 4 rings (SSSR count). The monoisotopic (exact) mass is 360 g/mol. The van der Waals surface area contributed by atoms with Crippen LogP contribution < -0.4 is 10.2 Å². The molecule has 1 amide bonds. The Morgan fingerprint density at radius 3 is 2.78 bits per heavy atom. The van der Waals surface area contributed by atoms with Crippen molar-refractivity contribution in [1.29, 1.82) is 0 Å². The molecule has 1 atom stereocenters. The molecule has 0 spiro atoms. The number of aryl methyl sites for hydroxylation is 1. The van der Waals surface area contributed by atoms with Crippen LogP contribution in [0.25, 0.3) is 11.0 Å². The van der Waals surface area contributed by atoms with Crippen LogP contribution in [0.15, 0.2) is 54.7 Å². The number of nitrogens with one attached hydrogen (secondary N) is 1. The first-order chi connectivity index (χ1) is 13.2. The highest BCUT2D eigenvalue weighted by Crippen LogP contribution is 2.24. The van der Waals surface area contributed by atoms with Gasteiger partial charge in [-0.2, -0.15) is 0 Å². The number of hydrogen-bond donors (Lipinski definition) is 1. The summed E-state index contributed by atoms with van der Waals surface area (Å²) in [5, 5.41) is 3.13. The number of fused-ring (bicyclic) bond motifs is 1. The summed E-state index contributed by atoms with van der Waals surface area (Å²) in [5.74, 6) is 0.895. The van der Waals surface area contributed by atoms with Crippen LogP contribution in [0, 0.1) is 5.92 Å². The summed E-state index contributed by atoms with van der Waals surface area (Å²) in [6.45, 7) is 3.68. The van der Waals surface area contributed by atoms with E-state index in [1.807, 2.05) is 48.7 Å². The van der Waals surface area contributed by atoms with E-state index >= 15 is 0 Å². The SMILES string of the molecule is CCc1ccccc1NC(=O)C1CCCN(c2cnc3ccccc3n2)C1. The quantitative estimate of drug-likeness (QED) is 0.763. The maximum atomic E-state index is 12.9. The maximum Gasteiger partial charge on any atom is 0.229 e. The van der Waals surface area contributed by atoms with E-state index in [4.69, 9.17) is 4.98 Å². The van der Waals surface area contributed by atoms with Crippen molar-refractivity contribution < 1.29 is 4.79 Å². The third-order valence-corrected chi connectivity index (χ3v) is 5.21. The van der Waals surface area contributed by atoms with Crippen LogP contribution in [0.1, 0.15) is 25.3 Å². The zero-order valence-electron chi connectivity index (χ0n) is 15.6. The molecule has 27 heavy (non-hydrogen) atoms. The number of carbonyl (C=O) groups excluding carboxylic acids is 1. The fourth-order valence-electron chi connectivity index (χ4n) is 3.68.